The van der Waals surface area contributed by atoms with Gasteiger partial charge in [0.25, 0.3) is 5.91 Å². The van der Waals surface area contributed by atoms with Crippen LogP contribution in [0, 0.1) is 5.82 Å². The first-order chi connectivity index (χ1) is 16.1. The summed E-state index contributed by atoms with van der Waals surface area (Å²) < 4.78 is 15.6. The third-order valence-corrected chi connectivity index (χ3v) is 6.94. The molecule has 0 radical (unpaired) electrons. The first-order valence-corrected chi connectivity index (χ1v) is 12.0. The fourth-order valence-electron chi connectivity index (χ4n) is 4.16. The average molecular weight is 465 g/mol. The van der Waals surface area contributed by atoms with E-state index in [2.05, 4.69) is 32.4 Å². The van der Waals surface area contributed by atoms with Gasteiger partial charge < -0.3 is 10.2 Å². The van der Waals surface area contributed by atoms with Crippen molar-refractivity contribution in [2.45, 2.75) is 32.2 Å². The molecule has 1 saturated heterocycles. The Balaban J connectivity index is 1.36. The largest absolute Gasteiger partial charge is 0.357 e. The smallest absolute Gasteiger partial charge is 0.280 e. The molecule has 1 amide bonds. The predicted molar refractivity (Wildman–Crippen MR) is 128 cm³/mol. The summed E-state index contributed by atoms with van der Waals surface area (Å²) in [5.74, 6) is 0.303. The topological polar surface area (TPSA) is 75.9 Å². The summed E-state index contributed by atoms with van der Waals surface area (Å²) >= 11 is 1.27. The number of anilines is 1. The number of aromatic nitrogens is 4. The minimum Gasteiger partial charge on any atom is -0.357 e. The van der Waals surface area contributed by atoms with E-state index in [4.69, 9.17) is 4.98 Å². The molecule has 9 heteroatoms. The Morgan fingerprint density at radius 3 is 2.70 bits per heavy atom. The molecule has 0 spiro atoms. The molecule has 1 aromatic carbocycles. The molecule has 1 N–H and O–H groups in total. The quantitative estimate of drug-likeness (QED) is 0.469. The molecule has 170 valence electrons. The Kier molecular flexibility index (Phi) is 6.04. The van der Waals surface area contributed by atoms with Crippen molar-refractivity contribution in [2.75, 3.05) is 18.0 Å². The van der Waals surface area contributed by atoms with Gasteiger partial charge in [-0.15, -0.1) is 11.3 Å². The van der Waals surface area contributed by atoms with Crippen molar-refractivity contribution in [3.63, 3.8) is 0 Å². The van der Waals surface area contributed by atoms with Gasteiger partial charge in [0.05, 0.1) is 4.88 Å². The Morgan fingerprint density at radius 1 is 1.12 bits per heavy atom. The zero-order chi connectivity index (χ0) is 22.8. The molecule has 4 aromatic rings. The lowest BCUT2D eigenvalue weighted by atomic mass is 10.2. The number of halogens is 1. The van der Waals surface area contributed by atoms with Crippen molar-refractivity contribution in [2.24, 2.45) is 7.05 Å². The molecule has 1 aliphatic rings. The summed E-state index contributed by atoms with van der Waals surface area (Å²) in [7, 11) is 1.88. The summed E-state index contributed by atoms with van der Waals surface area (Å²) in [6, 6.07) is 10.5. The molecule has 7 nitrogen and oxygen atoms in total. The fraction of sp³-hybridized carbons (Fsp3) is 0.333. The number of thiazole rings is 1. The van der Waals surface area contributed by atoms with E-state index in [-0.39, 0.29) is 18.3 Å². The fourth-order valence-corrected chi connectivity index (χ4v) is 4.99. The van der Waals surface area contributed by atoms with Gasteiger partial charge in [-0.3, -0.25) is 4.79 Å². The maximum Gasteiger partial charge on any atom is 0.280 e. The average Bonchev–Trinajstić information content (AvgIpc) is 3.33. The van der Waals surface area contributed by atoms with E-state index in [0.717, 1.165) is 40.5 Å². The van der Waals surface area contributed by atoms with Crippen LogP contribution < -0.4 is 10.2 Å². The van der Waals surface area contributed by atoms with E-state index >= 15 is 0 Å². The summed E-state index contributed by atoms with van der Waals surface area (Å²) in [6.07, 6.45) is 6.59. The Labute approximate surface area is 195 Å². The standard InChI is InChI=1S/C24H25FN6OS/c1-30-22-17(10-11-20(28-22)31-12-6-2-3-7-13-31)21(29-30)19-15-27-24(33-19)23(32)26-14-16-8-4-5-9-18(16)25/h4-5,8-11,15H,2-3,6-7,12-14H2,1H3,(H,26,32). The minimum atomic E-state index is -0.343. The van der Waals surface area contributed by atoms with Crippen LogP contribution >= 0.6 is 11.3 Å². The molecule has 1 fully saturated rings. The highest BCUT2D eigenvalue weighted by atomic mass is 32.1. The maximum atomic E-state index is 13.8. The molecule has 5 rings (SSSR count). The summed E-state index contributed by atoms with van der Waals surface area (Å²) in [4.78, 5) is 24.9. The molecule has 3 aromatic heterocycles. The van der Waals surface area contributed by atoms with E-state index in [1.807, 2.05) is 7.05 Å². The van der Waals surface area contributed by atoms with Crippen LogP contribution in [0.3, 0.4) is 0 Å². The van der Waals surface area contributed by atoms with Crippen LogP contribution in [0.1, 0.15) is 41.0 Å². The van der Waals surface area contributed by atoms with E-state index in [1.54, 1.807) is 29.1 Å². The van der Waals surface area contributed by atoms with Crippen molar-refractivity contribution in [3.8, 4) is 10.6 Å². The molecule has 0 unspecified atom stereocenters. The number of hydrogen-bond acceptors (Lipinski definition) is 6. The number of aryl methyl sites for hydroxylation is 1. The number of rotatable bonds is 5. The van der Waals surface area contributed by atoms with Crippen LogP contribution in [-0.2, 0) is 13.6 Å². The van der Waals surface area contributed by atoms with Crippen LogP contribution in [0.5, 0.6) is 0 Å². The number of hydrogen-bond donors (Lipinski definition) is 1. The van der Waals surface area contributed by atoms with E-state index in [0.29, 0.717) is 10.6 Å². The number of amides is 1. The summed E-state index contributed by atoms with van der Waals surface area (Å²) in [5.41, 5.74) is 2.00. The van der Waals surface area contributed by atoms with Gasteiger partial charge in [-0.25, -0.2) is 19.0 Å². The molecule has 4 heterocycles. The van der Waals surface area contributed by atoms with Crippen molar-refractivity contribution >= 4 is 34.1 Å². The van der Waals surface area contributed by atoms with E-state index in [1.165, 1.54) is 43.1 Å². The molecule has 0 atom stereocenters. The molecule has 0 bridgehead atoms. The second kappa shape index (κ2) is 9.27. The number of benzene rings is 1. The number of nitrogens with zero attached hydrogens (tertiary/aromatic N) is 5. The number of carbonyl (C=O) groups excluding carboxylic acids is 1. The second-order valence-corrected chi connectivity index (χ2v) is 9.25. The van der Waals surface area contributed by atoms with Crippen molar-refractivity contribution in [1.82, 2.24) is 25.1 Å². The lowest BCUT2D eigenvalue weighted by Gasteiger charge is -2.21. The normalized spacial score (nSPS) is 14.4. The maximum absolute atomic E-state index is 13.8. The minimum absolute atomic E-state index is 0.107. The monoisotopic (exact) mass is 464 g/mol. The molecule has 0 saturated carbocycles. The van der Waals surface area contributed by atoms with Crippen molar-refractivity contribution < 1.29 is 9.18 Å². The van der Waals surface area contributed by atoms with Crippen LogP contribution in [0.15, 0.2) is 42.6 Å². The van der Waals surface area contributed by atoms with Gasteiger partial charge in [-0.05, 0) is 31.0 Å². The highest BCUT2D eigenvalue weighted by Crippen LogP contribution is 2.32. The molecule has 33 heavy (non-hydrogen) atoms. The molecular formula is C24H25FN6OS. The van der Waals surface area contributed by atoms with Gasteiger partial charge in [0.15, 0.2) is 10.7 Å². The van der Waals surface area contributed by atoms with Gasteiger partial charge in [0, 0.05) is 43.8 Å². The number of fused-ring (bicyclic) bond motifs is 1. The number of carbonyl (C=O) groups is 1. The molecule has 0 aliphatic carbocycles. The van der Waals surface area contributed by atoms with Gasteiger partial charge in [0.2, 0.25) is 0 Å². The van der Waals surface area contributed by atoms with Gasteiger partial charge in [-0.2, -0.15) is 5.10 Å². The van der Waals surface area contributed by atoms with Gasteiger partial charge in [-0.1, -0.05) is 31.0 Å². The first-order valence-electron chi connectivity index (χ1n) is 11.2. The van der Waals surface area contributed by atoms with Crippen LogP contribution in [-0.4, -0.2) is 38.7 Å². The van der Waals surface area contributed by atoms with Crippen molar-refractivity contribution in [3.05, 3.63) is 59.0 Å². The Morgan fingerprint density at radius 2 is 1.91 bits per heavy atom. The first kappa shape index (κ1) is 21.5. The lowest BCUT2D eigenvalue weighted by Crippen LogP contribution is -2.24. The Hall–Kier alpha value is -3.33. The van der Waals surface area contributed by atoms with Gasteiger partial charge in [0.1, 0.15) is 17.3 Å². The summed E-state index contributed by atoms with van der Waals surface area (Å²) in [5, 5.41) is 8.65. The molecule has 1 aliphatic heterocycles. The van der Waals surface area contributed by atoms with Gasteiger partial charge >= 0.3 is 0 Å². The predicted octanol–water partition coefficient (Wildman–Crippen LogP) is 4.54. The number of nitrogens with one attached hydrogen (secondary N) is 1. The summed E-state index contributed by atoms with van der Waals surface area (Å²) in [6.45, 7) is 2.17. The van der Waals surface area contributed by atoms with Crippen LogP contribution in [0.25, 0.3) is 21.6 Å². The van der Waals surface area contributed by atoms with E-state index in [9.17, 15) is 9.18 Å². The Bertz CT molecular complexity index is 1290. The third kappa shape index (κ3) is 4.45. The highest BCUT2D eigenvalue weighted by Gasteiger charge is 2.19. The van der Waals surface area contributed by atoms with Crippen LogP contribution in [0.2, 0.25) is 0 Å². The highest BCUT2D eigenvalue weighted by molar-refractivity contribution is 7.17. The third-order valence-electron chi connectivity index (χ3n) is 5.93. The zero-order valence-corrected chi connectivity index (χ0v) is 19.2. The SMILES string of the molecule is Cn1nc(-c2cnc(C(=O)NCc3ccccc3F)s2)c2ccc(N3CCCCCC3)nc21. The number of pyridine rings is 1. The zero-order valence-electron chi connectivity index (χ0n) is 18.4. The lowest BCUT2D eigenvalue weighted by molar-refractivity contribution is 0.0950. The second-order valence-electron chi connectivity index (χ2n) is 8.22. The van der Waals surface area contributed by atoms with Crippen molar-refractivity contribution in [1.29, 1.82) is 0 Å². The van der Waals surface area contributed by atoms with Crippen LogP contribution in [0.4, 0.5) is 10.2 Å². The van der Waals surface area contributed by atoms with E-state index < -0.39 is 0 Å². The molecular weight excluding hydrogens is 439 g/mol.